The summed E-state index contributed by atoms with van der Waals surface area (Å²) in [4.78, 5) is 10.7. The number of aromatic nitrogens is 2. The summed E-state index contributed by atoms with van der Waals surface area (Å²) in [5, 5.41) is 12.7. The summed E-state index contributed by atoms with van der Waals surface area (Å²) in [6, 6.07) is 1.50. The topological polar surface area (TPSA) is 64.4 Å². The number of unbranched alkanes of at least 4 members (excludes halogenated alkanes) is 1. The highest BCUT2D eigenvalue weighted by Gasteiger charge is 2.08. The van der Waals surface area contributed by atoms with Gasteiger partial charge >= 0.3 is 5.97 Å². The number of carbonyl (C=O) groups is 1. The van der Waals surface area contributed by atoms with Crippen LogP contribution < -0.4 is 0 Å². The van der Waals surface area contributed by atoms with Crippen LogP contribution in [0.15, 0.2) is 12.3 Å². The molecular weight excluding hydrogens is 184 g/mol. The quantitative estimate of drug-likeness (QED) is 0.693. The minimum Gasteiger partial charge on any atom is -0.477 e. The monoisotopic (exact) mass is 198 g/mol. The van der Waals surface area contributed by atoms with Crippen LogP contribution >= 0.6 is 0 Å². The SMILES string of the molecule is COCCCCn1nccc1C(=O)O. The van der Waals surface area contributed by atoms with Gasteiger partial charge in [0.2, 0.25) is 0 Å². The second kappa shape index (κ2) is 5.39. The Kier molecular flexibility index (Phi) is 4.12. The van der Waals surface area contributed by atoms with Crippen LogP contribution in [0.1, 0.15) is 23.3 Å². The summed E-state index contributed by atoms with van der Waals surface area (Å²) < 4.78 is 6.39. The van der Waals surface area contributed by atoms with Crippen LogP contribution in [0.5, 0.6) is 0 Å². The van der Waals surface area contributed by atoms with Crippen LogP contribution in [0.3, 0.4) is 0 Å². The van der Waals surface area contributed by atoms with E-state index in [1.54, 1.807) is 7.11 Å². The van der Waals surface area contributed by atoms with Gasteiger partial charge in [0.1, 0.15) is 5.69 Å². The van der Waals surface area contributed by atoms with Gasteiger partial charge in [-0.3, -0.25) is 4.68 Å². The first-order valence-electron chi connectivity index (χ1n) is 4.49. The van der Waals surface area contributed by atoms with Gasteiger partial charge in [0.05, 0.1) is 0 Å². The molecule has 0 aliphatic rings. The molecule has 0 amide bonds. The van der Waals surface area contributed by atoms with Crippen molar-refractivity contribution in [1.29, 1.82) is 0 Å². The van der Waals surface area contributed by atoms with E-state index in [1.165, 1.54) is 16.9 Å². The number of ether oxygens (including phenoxy) is 1. The van der Waals surface area contributed by atoms with Crippen molar-refractivity contribution in [3.05, 3.63) is 18.0 Å². The molecule has 1 aromatic heterocycles. The number of methoxy groups -OCH3 is 1. The summed E-state index contributed by atoms with van der Waals surface area (Å²) in [6.45, 7) is 1.32. The van der Waals surface area contributed by atoms with Gasteiger partial charge < -0.3 is 9.84 Å². The van der Waals surface area contributed by atoms with Crippen molar-refractivity contribution in [3.8, 4) is 0 Å². The van der Waals surface area contributed by atoms with E-state index in [9.17, 15) is 4.79 Å². The van der Waals surface area contributed by atoms with E-state index >= 15 is 0 Å². The van der Waals surface area contributed by atoms with Crippen LogP contribution in [-0.4, -0.2) is 34.6 Å². The Morgan fingerprint density at radius 1 is 1.64 bits per heavy atom. The Balaban J connectivity index is 2.42. The van der Waals surface area contributed by atoms with E-state index in [1.807, 2.05) is 0 Å². The molecule has 0 saturated heterocycles. The summed E-state index contributed by atoms with van der Waals surface area (Å²) >= 11 is 0. The first-order valence-corrected chi connectivity index (χ1v) is 4.49. The lowest BCUT2D eigenvalue weighted by Gasteiger charge is -2.03. The van der Waals surface area contributed by atoms with Gasteiger partial charge in [-0.15, -0.1) is 0 Å². The maximum atomic E-state index is 10.7. The highest BCUT2D eigenvalue weighted by atomic mass is 16.5. The maximum Gasteiger partial charge on any atom is 0.354 e. The molecular formula is C9H14N2O3. The van der Waals surface area contributed by atoms with Crippen molar-refractivity contribution in [2.75, 3.05) is 13.7 Å². The standard InChI is InChI=1S/C9H14N2O3/c1-14-7-3-2-6-11-8(9(12)13)4-5-10-11/h4-5H,2-3,6-7H2,1H3,(H,12,13). The first kappa shape index (κ1) is 10.7. The molecule has 0 atom stereocenters. The van der Waals surface area contributed by atoms with Gasteiger partial charge in [-0.2, -0.15) is 5.10 Å². The zero-order chi connectivity index (χ0) is 10.4. The van der Waals surface area contributed by atoms with E-state index in [4.69, 9.17) is 9.84 Å². The average molecular weight is 198 g/mol. The number of hydrogen-bond donors (Lipinski definition) is 1. The second-order valence-corrected chi connectivity index (χ2v) is 2.94. The molecule has 1 N–H and O–H groups in total. The van der Waals surface area contributed by atoms with E-state index in [0.717, 1.165) is 12.8 Å². The Bertz CT molecular complexity index is 296. The first-order chi connectivity index (χ1) is 6.75. The largest absolute Gasteiger partial charge is 0.477 e. The van der Waals surface area contributed by atoms with Crippen molar-refractivity contribution >= 4 is 5.97 Å². The van der Waals surface area contributed by atoms with Crippen molar-refractivity contribution in [3.63, 3.8) is 0 Å². The van der Waals surface area contributed by atoms with E-state index in [0.29, 0.717) is 13.2 Å². The van der Waals surface area contributed by atoms with Crippen LogP contribution in [0, 0.1) is 0 Å². The normalized spacial score (nSPS) is 10.4. The number of nitrogens with zero attached hydrogens (tertiary/aromatic N) is 2. The molecule has 1 rings (SSSR count). The smallest absolute Gasteiger partial charge is 0.354 e. The lowest BCUT2D eigenvalue weighted by atomic mass is 10.3. The minimum atomic E-state index is -0.936. The molecule has 0 saturated carbocycles. The average Bonchev–Trinajstić information content (AvgIpc) is 2.60. The fourth-order valence-electron chi connectivity index (χ4n) is 1.20. The third kappa shape index (κ3) is 2.85. The number of carboxylic acid groups (broad SMARTS) is 1. The second-order valence-electron chi connectivity index (χ2n) is 2.94. The van der Waals surface area contributed by atoms with E-state index in [-0.39, 0.29) is 5.69 Å². The van der Waals surface area contributed by atoms with Gasteiger partial charge in [-0.25, -0.2) is 4.79 Å². The lowest BCUT2D eigenvalue weighted by Crippen LogP contribution is -2.10. The van der Waals surface area contributed by atoms with Gasteiger partial charge in [0.25, 0.3) is 0 Å². The molecule has 0 unspecified atom stereocenters. The fourth-order valence-corrected chi connectivity index (χ4v) is 1.20. The predicted octanol–water partition coefficient (Wildman–Crippen LogP) is 1.01. The number of rotatable bonds is 6. The number of carboxylic acids is 1. The highest BCUT2D eigenvalue weighted by molar-refractivity contribution is 5.85. The Morgan fingerprint density at radius 3 is 3.07 bits per heavy atom. The molecule has 0 bridgehead atoms. The lowest BCUT2D eigenvalue weighted by molar-refractivity contribution is 0.0683. The van der Waals surface area contributed by atoms with Gasteiger partial charge in [0, 0.05) is 26.5 Å². The third-order valence-electron chi connectivity index (χ3n) is 1.90. The molecule has 5 heteroatoms. The molecule has 0 aromatic carbocycles. The molecule has 0 radical (unpaired) electrons. The molecule has 1 heterocycles. The Labute approximate surface area is 82.3 Å². The molecule has 0 aliphatic heterocycles. The summed E-state index contributed by atoms with van der Waals surface area (Å²) in [5.41, 5.74) is 0.238. The zero-order valence-electron chi connectivity index (χ0n) is 8.14. The molecule has 14 heavy (non-hydrogen) atoms. The minimum absolute atomic E-state index is 0.238. The summed E-state index contributed by atoms with van der Waals surface area (Å²) in [5.74, 6) is -0.936. The maximum absolute atomic E-state index is 10.7. The Hall–Kier alpha value is -1.36. The van der Waals surface area contributed by atoms with Crippen LogP contribution in [0.25, 0.3) is 0 Å². The zero-order valence-corrected chi connectivity index (χ0v) is 8.14. The number of aryl methyl sites for hydroxylation is 1. The third-order valence-corrected chi connectivity index (χ3v) is 1.90. The predicted molar refractivity (Wildman–Crippen MR) is 50.3 cm³/mol. The van der Waals surface area contributed by atoms with Crippen molar-refractivity contribution < 1.29 is 14.6 Å². The molecule has 0 fully saturated rings. The highest BCUT2D eigenvalue weighted by Crippen LogP contribution is 2.01. The molecule has 78 valence electrons. The van der Waals surface area contributed by atoms with Crippen LogP contribution in [-0.2, 0) is 11.3 Å². The summed E-state index contributed by atoms with van der Waals surface area (Å²) in [7, 11) is 1.65. The summed E-state index contributed by atoms with van der Waals surface area (Å²) in [6.07, 6.45) is 3.28. The van der Waals surface area contributed by atoms with Crippen molar-refractivity contribution in [1.82, 2.24) is 9.78 Å². The van der Waals surface area contributed by atoms with E-state index in [2.05, 4.69) is 5.10 Å². The fraction of sp³-hybridized carbons (Fsp3) is 0.556. The van der Waals surface area contributed by atoms with Crippen LogP contribution in [0.2, 0.25) is 0 Å². The molecule has 0 aliphatic carbocycles. The van der Waals surface area contributed by atoms with E-state index < -0.39 is 5.97 Å². The van der Waals surface area contributed by atoms with Crippen molar-refractivity contribution in [2.45, 2.75) is 19.4 Å². The Morgan fingerprint density at radius 2 is 2.43 bits per heavy atom. The van der Waals surface area contributed by atoms with Gasteiger partial charge in [-0.05, 0) is 18.9 Å². The molecule has 0 spiro atoms. The van der Waals surface area contributed by atoms with Gasteiger partial charge in [-0.1, -0.05) is 0 Å². The molecule has 5 nitrogen and oxygen atoms in total. The van der Waals surface area contributed by atoms with Gasteiger partial charge in [0.15, 0.2) is 0 Å². The number of aromatic carboxylic acids is 1. The van der Waals surface area contributed by atoms with Crippen molar-refractivity contribution in [2.24, 2.45) is 0 Å². The van der Waals surface area contributed by atoms with Crippen LogP contribution in [0.4, 0.5) is 0 Å². The molecule has 1 aromatic rings. The number of hydrogen-bond acceptors (Lipinski definition) is 3.